The molecule has 2 N–H and O–H groups in total. The lowest BCUT2D eigenvalue weighted by molar-refractivity contribution is -0.684. The van der Waals surface area contributed by atoms with Gasteiger partial charge in [0.1, 0.15) is 0 Å². The lowest BCUT2D eigenvalue weighted by Gasteiger charge is -2.07. The van der Waals surface area contributed by atoms with E-state index < -0.39 is 6.03 Å². The molecule has 0 aromatic carbocycles. The summed E-state index contributed by atoms with van der Waals surface area (Å²) >= 11 is 0. The fourth-order valence-corrected chi connectivity index (χ4v) is 1.90. The summed E-state index contributed by atoms with van der Waals surface area (Å²) in [5.41, 5.74) is 1.25. The Balaban J connectivity index is 2.34. The van der Waals surface area contributed by atoms with Crippen molar-refractivity contribution >= 4 is 11.9 Å². The van der Waals surface area contributed by atoms with Crippen LogP contribution in [-0.2, 0) is 17.8 Å². The fraction of sp³-hybridized carbons (Fsp3) is 0.562. The van der Waals surface area contributed by atoms with Crippen LogP contribution in [0.3, 0.4) is 0 Å². The van der Waals surface area contributed by atoms with Gasteiger partial charge in [-0.2, -0.15) is 4.57 Å². The zero-order valence-electron chi connectivity index (χ0n) is 13.2. The number of rotatable bonds is 7. The number of imide groups is 1. The molecule has 1 aromatic rings. The maximum Gasteiger partial charge on any atom is 0.321 e. The molecule has 0 atom stereocenters. The second-order valence-electron chi connectivity index (χ2n) is 5.62. The van der Waals surface area contributed by atoms with Gasteiger partial charge in [0.2, 0.25) is 6.54 Å². The molecular weight excluding hydrogens is 266 g/mol. The van der Waals surface area contributed by atoms with Crippen molar-refractivity contribution in [1.29, 1.82) is 0 Å². The number of urea groups is 1. The monoisotopic (exact) mass is 292 g/mol. The van der Waals surface area contributed by atoms with Crippen LogP contribution < -0.4 is 15.2 Å². The molecular formula is C16H26N3O2+. The Morgan fingerprint density at radius 3 is 2.48 bits per heavy atom. The van der Waals surface area contributed by atoms with Crippen LogP contribution in [0, 0.1) is 5.92 Å². The number of amides is 3. The molecule has 1 aromatic heterocycles. The van der Waals surface area contributed by atoms with E-state index >= 15 is 0 Å². The third-order valence-electron chi connectivity index (χ3n) is 3.09. The fourth-order valence-electron chi connectivity index (χ4n) is 1.90. The molecule has 0 aliphatic carbocycles. The van der Waals surface area contributed by atoms with E-state index in [-0.39, 0.29) is 12.5 Å². The van der Waals surface area contributed by atoms with E-state index in [1.54, 1.807) is 4.57 Å². The van der Waals surface area contributed by atoms with Gasteiger partial charge in [-0.15, -0.1) is 0 Å². The zero-order valence-corrected chi connectivity index (χ0v) is 13.2. The van der Waals surface area contributed by atoms with Crippen molar-refractivity contribution < 1.29 is 14.2 Å². The maximum absolute atomic E-state index is 11.7. The number of pyridine rings is 1. The SMILES string of the molecule is CCCc1cc[n+](CC(=O)NC(=O)NCCC(C)C)cc1. The van der Waals surface area contributed by atoms with E-state index in [1.807, 2.05) is 24.5 Å². The van der Waals surface area contributed by atoms with Crippen molar-refractivity contribution in [2.24, 2.45) is 5.92 Å². The van der Waals surface area contributed by atoms with Gasteiger partial charge < -0.3 is 5.32 Å². The highest BCUT2D eigenvalue weighted by Crippen LogP contribution is 1.98. The minimum absolute atomic E-state index is 0.143. The normalized spacial score (nSPS) is 10.5. The minimum Gasteiger partial charge on any atom is -0.338 e. The van der Waals surface area contributed by atoms with Gasteiger partial charge in [0.05, 0.1) is 0 Å². The molecule has 0 aliphatic rings. The molecule has 0 saturated carbocycles. The van der Waals surface area contributed by atoms with Gasteiger partial charge in [-0.3, -0.25) is 10.1 Å². The molecule has 0 aliphatic heterocycles. The third kappa shape index (κ3) is 7.44. The number of carbonyl (C=O) groups is 2. The first-order valence-corrected chi connectivity index (χ1v) is 7.57. The summed E-state index contributed by atoms with van der Waals surface area (Å²) in [5, 5.41) is 5.01. The van der Waals surface area contributed by atoms with Crippen molar-refractivity contribution in [2.45, 2.75) is 46.6 Å². The second kappa shape index (κ2) is 9.10. The molecule has 5 nitrogen and oxygen atoms in total. The predicted molar refractivity (Wildman–Crippen MR) is 81.6 cm³/mol. The van der Waals surface area contributed by atoms with Crippen molar-refractivity contribution in [2.75, 3.05) is 6.54 Å². The second-order valence-corrected chi connectivity index (χ2v) is 5.62. The first kappa shape index (κ1) is 17.1. The van der Waals surface area contributed by atoms with Crippen molar-refractivity contribution in [3.05, 3.63) is 30.1 Å². The van der Waals surface area contributed by atoms with E-state index in [9.17, 15) is 9.59 Å². The Morgan fingerprint density at radius 1 is 1.24 bits per heavy atom. The topological polar surface area (TPSA) is 62.1 Å². The molecule has 0 bridgehead atoms. The van der Waals surface area contributed by atoms with Crippen molar-refractivity contribution in [1.82, 2.24) is 10.6 Å². The molecule has 0 fully saturated rings. The molecule has 116 valence electrons. The first-order valence-electron chi connectivity index (χ1n) is 7.57. The molecule has 1 heterocycles. The minimum atomic E-state index is -0.427. The lowest BCUT2D eigenvalue weighted by atomic mass is 10.1. The Morgan fingerprint density at radius 2 is 1.90 bits per heavy atom. The molecule has 0 radical (unpaired) electrons. The Kier molecular flexibility index (Phi) is 7.43. The van der Waals surface area contributed by atoms with Crippen molar-refractivity contribution in [3.63, 3.8) is 0 Å². The number of hydrogen-bond acceptors (Lipinski definition) is 2. The molecule has 0 spiro atoms. The zero-order chi connectivity index (χ0) is 15.7. The summed E-state index contributed by atoms with van der Waals surface area (Å²) in [7, 11) is 0. The molecule has 0 saturated heterocycles. The van der Waals surface area contributed by atoms with E-state index in [1.165, 1.54) is 5.56 Å². The highest BCUT2D eigenvalue weighted by Gasteiger charge is 2.12. The number of hydrogen-bond donors (Lipinski definition) is 2. The summed E-state index contributed by atoms with van der Waals surface area (Å²) < 4.78 is 1.76. The Bertz CT molecular complexity index is 455. The van der Waals surface area contributed by atoms with Crippen LogP contribution in [-0.4, -0.2) is 18.5 Å². The average molecular weight is 292 g/mol. The number of aromatic nitrogens is 1. The molecule has 21 heavy (non-hydrogen) atoms. The quantitative estimate of drug-likeness (QED) is 0.753. The average Bonchev–Trinajstić information content (AvgIpc) is 2.40. The molecule has 0 unspecified atom stereocenters. The highest BCUT2D eigenvalue weighted by molar-refractivity contribution is 5.93. The van der Waals surface area contributed by atoms with Gasteiger partial charge in [0.25, 0.3) is 5.91 Å². The van der Waals surface area contributed by atoms with E-state index in [4.69, 9.17) is 0 Å². The Labute approximate surface area is 126 Å². The van der Waals surface area contributed by atoms with E-state index in [2.05, 4.69) is 31.4 Å². The Hall–Kier alpha value is -1.91. The smallest absolute Gasteiger partial charge is 0.321 e. The predicted octanol–water partition coefficient (Wildman–Crippen LogP) is 1.80. The summed E-state index contributed by atoms with van der Waals surface area (Å²) in [5.74, 6) is 0.212. The van der Waals surface area contributed by atoms with E-state index in [0.29, 0.717) is 12.5 Å². The van der Waals surface area contributed by atoms with Crippen LogP contribution in [0.5, 0.6) is 0 Å². The van der Waals surface area contributed by atoms with Gasteiger partial charge in [-0.1, -0.05) is 27.2 Å². The van der Waals surface area contributed by atoms with Gasteiger partial charge >= 0.3 is 6.03 Å². The van der Waals surface area contributed by atoms with Crippen LogP contribution >= 0.6 is 0 Å². The van der Waals surface area contributed by atoms with Gasteiger partial charge in [0.15, 0.2) is 12.4 Å². The van der Waals surface area contributed by atoms with Gasteiger partial charge in [-0.05, 0) is 24.3 Å². The van der Waals surface area contributed by atoms with E-state index in [0.717, 1.165) is 19.3 Å². The van der Waals surface area contributed by atoms with Gasteiger partial charge in [-0.25, -0.2) is 4.79 Å². The summed E-state index contributed by atoms with van der Waals surface area (Å²) in [6.07, 6.45) is 6.75. The molecule has 5 heteroatoms. The number of nitrogens with zero attached hydrogens (tertiary/aromatic N) is 1. The van der Waals surface area contributed by atoms with Crippen LogP contribution in [0.1, 0.15) is 39.2 Å². The summed E-state index contributed by atoms with van der Waals surface area (Å²) in [6, 6.07) is 3.57. The molecule has 3 amide bonds. The van der Waals surface area contributed by atoms with Crippen molar-refractivity contribution in [3.8, 4) is 0 Å². The third-order valence-corrected chi connectivity index (χ3v) is 3.09. The first-order chi connectivity index (χ1) is 10.0. The number of aryl methyl sites for hydroxylation is 1. The maximum atomic E-state index is 11.7. The highest BCUT2D eigenvalue weighted by atomic mass is 16.2. The van der Waals surface area contributed by atoms with Gasteiger partial charge in [0, 0.05) is 18.7 Å². The number of nitrogens with one attached hydrogen (secondary N) is 2. The summed E-state index contributed by atoms with van der Waals surface area (Å²) in [6.45, 7) is 7.03. The largest absolute Gasteiger partial charge is 0.338 e. The van der Waals surface area contributed by atoms with Crippen LogP contribution in [0.25, 0.3) is 0 Å². The molecule has 1 rings (SSSR count). The standard InChI is InChI=1S/C16H25N3O2/c1-4-5-14-7-10-19(11-8-14)12-15(20)18-16(21)17-9-6-13(2)3/h7-8,10-11,13H,4-6,9,12H2,1-3H3,(H-,17,18,20,21)/p+1. The lowest BCUT2D eigenvalue weighted by Crippen LogP contribution is -2.47. The number of carbonyl (C=O) groups excluding carboxylic acids is 2. The van der Waals surface area contributed by atoms with Crippen LogP contribution in [0.15, 0.2) is 24.5 Å². The van der Waals surface area contributed by atoms with Crippen LogP contribution in [0.2, 0.25) is 0 Å². The van der Waals surface area contributed by atoms with Crippen LogP contribution in [0.4, 0.5) is 4.79 Å². The summed E-state index contributed by atoms with van der Waals surface area (Å²) in [4.78, 5) is 23.2.